The quantitative estimate of drug-likeness (QED) is 0.592. The van der Waals surface area contributed by atoms with Crippen LogP contribution in [0.2, 0.25) is 0 Å². The summed E-state index contributed by atoms with van der Waals surface area (Å²) in [7, 11) is 0. The van der Waals surface area contributed by atoms with Crippen LogP contribution in [0.3, 0.4) is 0 Å². The maximum atomic E-state index is 14.5. The molecule has 2 N–H and O–H groups in total. The van der Waals surface area contributed by atoms with Crippen LogP contribution in [-0.2, 0) is 0 Å². The minimum absolute atomic E-state index is 0.0426. The molecule has 1 aliphatic heterocycles. The van der Waals surface area contributed by atoms with Crippen LogP contribution in [0.5, 0.6) is 0 Å². The molecule has 10 heteroatoms. The Hall–Kier alpha value is -3.56. The number of nitrogens with one attached hydrogen (secondary N) is 1. The largest absolute Gasteiger partial charge is 0.478 e. The van der Waals surface area contributed by atoms with E-state index in [1.54, 1.807) is 36.9 Å². The van der Waals surface area contributed by atoms with Gasteiger partial charge in [0.2, 0.25) is 0 Å². The van der Waals surface area contributed by atoms with Gasteiger partial charge in [-0.3, -0.25) is 9.20 Å². The number of anilines is 2. The predicted octanol–water partition coefficient (Wildman–Crippen LogP) is 4.25. The van der Waals surface area contributed by atoms with Crippen molar-refractivity contribution in [3.8, 4) is 0 Å². The third-order valence-corrected chi connectivity index (χ3v) is 5.91. The number of carboxylic acids is 1. The van der Waals surface area contributed by atoms with E-state index in [2.05, 4.69) is 10.3 Å². The van der Waals surface area contributed by atoms with E-state index in [9.17, 15) is 27.9 Å². The second kappa shape index (κ2) is 8.42. The van der Waals surface area contributed by atoms with E-state index < -0.39 is 29.3 Å². The van der Waals surface area contributed by atoms with Gasteiger partial charge >= 0.3 is 5.97 Å². The van der Waals surface area contributed by atoms with Crippen molar-refractivity contribution in [1.29, 1.82) is 0 Å². The lowest BCUT2D eigenvalue weighted by atomic mass is 10.1. The van der Waals surface area contributed by atoms with Crippen LogP contribution in [0.25, 0.3) is 5.65 Å². The molecule has 0 radical (unpaired) electrons. The van der Waals surface area contributed by atoms with Crippen LogP contribution in [-0.4, -0.2) is 39.5 Å². The average molecular weight is 460 g/mol. The maximum absolute atomic E-state index is 14.5. The smallest absolute Gasteiger partial charge is 0.337 e. The predicted molar refractivity (Wildman–Crippen MR) is 118 cm³/mol. The zero-order valence-electron chi connectivity index (χ0n) is 18.1. The summed E-state index contributed by atoms with van der Waals surface area (Å²) in [6.07, 6.45) is 0.356. The highest BCUT2D eigenvalue weighted by atomic mass is 19.3. The van der Waals surface area contributed by atoms with Crippen molar-refractivity contribution in [2.45, 2.75) is 38.7 Å². The second-order valence-electron chi connectivity index (χ2n) is 8.23. The van der Waals surface area contributed by atoms with E-state index in [1.165, 1.54) is 12.1 Å². The van der Waals surface area contributed by atoms with E-state index in [-0.39, 0.29) is 42.7 Å². The third-order valence-electron chi connectivity index (χ3n) is 5.91. The van der Waals surface area contributed by atoms with Gasteiger partial charge in [-0.1, -0.05) is 12.1 Å². The van der Waals surface area contributed by atoms with Crippen LogP contribution in [0.4, 0.5) is 24.7 Å². The molecule has 1 fully saturated rings. The summed E-state index contributed by atoms with van der Waals surface area (Å²) in [5.41, 5.74) is 0.620. The minimum Gasteiger partial charge on any atom is -0.478 e. The van der Waals surface area contributed by atoms with Gasteiger partial charge in [-0.25, -0.2) is 22.9 Å². The number of piperidine rings is 1. The number of hydrogen-bond donors (Lipinski definition) is 2. The first-order chi connectivity index (χ1) is 15.6. The van der Waals surface area contributed by atoms with Crippen molar-refractivity contribution in [3.05, 3.63) is 69.4 Å². The summed E-state index contributed by atoms with van der Waals surface area (Å²) in [6.45, 7) is 3.33. The van der Waals surface area contributed by atoms with E-state index in [1.807, 2.05) is 0 Å². The number of hydrogen-bond acceptors (Lipinski definition) is 5. The molecule has 0 spiro atoms. The van der Waals surface area contributed by atoms with Crippen molar-refractivity contribution in [2.24, 2.45) is 0 Å². The van der Waals surface area contributed by atoms with Crippen molar-refractivity contribution < 1.29 is 23.1 Å². The highest BCUT2D eigenvalue weighted by molar-refractivity contribution is 5.94. The van der Waals surface area contributed by atoms with Crippen molar-refractivity contribution in [3.63, 3.8) is 0 Å². The fourth-order valence-corrected chi connectivity index (χ4v) is 4.09. The fraction of sp³-hybridized carbons (Fsp3) is 0.348. The van der Waals surface area contributed by atoms with Gasteiger partial charge in [-0.15, -0.1) is 0 Å². The molecular formula is C23H23F3N4O3. The highest BCUT2D eigenvalue weighted by Gasteiger charge is 2.35. The molecule has 1 aromatic carbocycles. The van der Waals surface area contributed by atoms with Crippen LogP contribution in [0.15, 0.2) is 41.3 Å². The molecule has 2 aromatic heterocycles. The summed E-state index contributed by atoms with van der Waals surface area (Å²) in [5.74, 6) is -4.24. The summed E-state index contributed by atoms with van der Waals surface area (Å²) in [6, 6.07) is 6.90. The van der Waals surface area contributed by atoms with E-state index >= 15 is 0 Å². The lowest BCUT2D eigenvalue weighted by Gasteiger charge is -2.33. The fourth-order valence-electron chi connectivity index (χ4n) is 4.09. The summed E-state index contributed by atoms with van der Waals surface area (Å²) in [4.78, 5) is 30.8. The number of nitrogens with zero attached hydrogens (tertiary/aromatic N) is 3. The molecule has 33 heavy (non-hydrogen) atoms. The first-order valence-corrected chi connectivity index (χ1v) is 10.5. The molecule has 1 atom stereocenters. The number of fused-ring (bicyclic) bond motifs is 1. The molecule has 0 unspecified atom stereocenters. The highest BCUT2D eigenvalue weighted by Crippen LogP contribution is 2.32. The zero-order valence-corrected chi connectivity index (χ0v) is 18.1. The van der Waals surface area contributed by atoms with Crippen molar-refractivity contribution in [2.75, 3.05) is 23.3 Å². The topological polar surface area (TPSA) is 86.9 Å². The first kappa shape index (κ1) is 22.6. The lowest BCUT2D eigenvalue weighted by Crippen LogP contribution is -2.41. The summed E-state index contributed by atoms with van der Waals surface area (Å²) in [5, 5.41) is 12.5. The molecule has 7 nitrogen and oxygen atoms in total. The maximum Gasteiger partial charge on any atom is 0.337 e. The van der Waals surface area contributed by atoms with Crippen LogP contribution >= 0.6 is 0 Å². The Bertz CT molecular complexity index is 1280. The molecular weight excluding hydrogens is 437 g/mol. The molecule has 3 heterocycles. The number of aromatic carboxylic acids is 1. The minimum atomic E-state index is -2.75. The molecule has 1 aliphatic rings. The van der Waals surface area contributed by atoms with Gasteiger partial charge in [0.05, 0.1) is 17.2 Å². The standard InChI is InChI=1S/C23H23F3N4O3/c1-13-19(29-9-7-23(25,26)8-10-29)28-20-17(11-15(24)12-30(20)21(13)31)14(2)27-18-6-4-3-5-16(18)22(32)33/h3-6,11-12,14,27H,7-10H2,1-2H3,(H,32,33)/t14-/m1/s1. The number of carboxylic acid groups (broad SMARTS) is 1. The molecule has 0 bridgehead atoms. The van der Waals surface area contributed by atoms with Crippen LogP contribution < -0.4 is 15.8 Å². The lowest BCUT2D eigenvalue weighted by molar-refractivity contribution is -0.0221. The molecule has 4 rings (SSSR count). The average Bonchev–Trinajstić information content (AvgIpc) is 2.76. The first-order valence-electron chi connectivity index (χ1n) is 10.5. The summed E-state index contributed by atoms with van der Waals surface area (Å²) < 4.78 is 42.8. The zero-order chi connectivity index (χ0) is 23.9. The van der Waals surface area contributed by atoms with Gasteiger partial charge in [0.25, 0.3) is 11.5 Å². The van der Waals surface area contributed by atoms with Gasteiger partial charge in [-0.2, -0.15) is 0 Å². The Morgan fingerprint density at radius 1 is 1.24 bits per heavy atom. The van der Waals surface area contributed by atoms with Crippen LogP contribution in [0.1, 0.15) is 47.3 Å². The molecule has 0 saturated carbocycles. The molecule has 1 saturated heterocycles. The Labute approximate surface area is 187 Å². The van der Waals surface area contributed by atoms with Crippen molar-refractivity contribution in [1.82, 2.24) is 9.38 Å². The number of alkyl halides is 2. The third kappa shape index (κ3) is 4.37. The number of benzene rings is 1. The Balaban J connectivity index is 1.80. The molecule has 0 aliphatic carbocycles. The normalized spacial score (nSPS) is 16.6. The van der Waals surface area contributed by atoms with Gasteiger partial charge in [0.1, 0.15) is 17.3 Å². The SMILES string of the molecule is Cc1c(N2CCC(F)(F)CC2)nc2c([C@@H](C)Nc3ccccc3C(=O)O)cc(F)cn2c1=O. The van der Waals surface area contributed by atoms with Crippen molar-refractivity contribution >= 4 is 23.1 Å². The molecule has 0 amide bonds. The Kier molecular flexibility index (Phi) is 5.77. The number of pyridine rings is 1. The number of carbonyl (C=O) groups is 1. The Morgan fingerprint density at radius 3 is 2.58 bits per heavy atom. The number of aromatic nitrogens is 2. The van der Waals surface area contributed by atoms with Gasteiger partial charge in [-0.05, 0) is 32.0 Å². The Morgan fingerprint density at radius 2 is 1.91 bits per heavy atom. The van der Waals surface area contributed by atoms with E-state index in [4.69, 9.17) is 0 Å². The van der Waals surface area contributed by atoms with Gasteiger partial charge < -0.3 is 15.3 Å². The number of para-hydroxylation sites is 1. The van der Waals surface area contributed by atoms with E-state index in [0.717, 1.165) is 10.6 Å². The second-order valence-corrected chi connectivity index (χ2v) is 8.23. The van der Waals surface area contributed by atoms with Gasteiger partial charge in [0.15, 0.2) is 0 Å². The number of rotatable bonds is 5. The molecule has 174 valence electrons. The van der Waals surface area contributed by atoms with Crippen LogP contribution in [0, 0.1) is 12.7 Å². The van der Waals surface area contributed by atoms with E-state index in [0.29, 0.717) is 17.1 Å². The van der Waals surface area contributed by atoms with Gasteiger partial charge in [0, 0.05) is 43.4 Å². The summed E-state index contributed by atoms with van der Waals surface area (Å²) >= 11 is 0. The monoisotopic (exact) mass is 460 g/mol. The number of halogens is 3. The molecule has 3 aromatic rings.